The van der Waals surface area contributed by atoms with E-state index in [1.165, 1.54) is 7.11 Å². The number of phenols is 1. The van der Waals surface area contributed by atoms with E-state index in [9.17, 15) is 5.11 Å². The molecule has 1 N–H and O–H groups in total. The van der Waals surface area contributed by atoms with Crippen LogP contribution in [0.1, 0.15) is 32.0 Å². The van der Waals surface area contributed by atoms with Crippen molar-refractivity contribution in [3.05, 3.63) is 24.0 Å². The first-order chi connectivity index (χ1) is 10.1. The maximum atomic E-state index is 9.82. The number of nitrogens with zero attached hydrogens (tertiary/aromatic N) is 2. The molecule has 0 amide bonds. The SMILES string of the molecule is COc1ccc(-c2nc(C3(C)CCCCO3)no2)cc1O. The number of aromatic nitrogens is 2. The van der Waals surface area contributed by atoms with Crippen LogP contribution >= 0.6 is 0 Å². The molecule has 3 rings (SSSR count). The van der Waals surface area contributed by atoms with Crippen LogP contribution in [0.5, 0.6) is 11.5 Å². The average molecular weight is 290 g/mol. The van der Waals surface area contributed by atoms with Crippen LogP contribution in [0.25, 0.3) is 11.5 Å². The van der Waals surface area contributed by atoms with Crippen LogP contribution in [-0.2, 0) is 10.3 Å². The van der Waals surface area contributed by atoms with Crippen LogP contribution in [0.2, 0.25) is 0 Å². The summed E-state index contributed by atoms with van der Waals surface area (Å²) in [6.07, 6.45) is 3.02. The fourth-order valence-corrected chi connectivity index (χ4v) is 2.49. The molecule has 6 nitrogen and oxygen atoms in total. The van der Waals surface area contributed by atoms with Crippen molar-refractivity contribution in [3.63, 3.8) is 0 Å². The van der Waals surface area contributed by atoms with E-state index < -0.39 is 5.60 Å². The Labute approximate surface area is 122 Å². The maximum Gasteiger partial charge on any atom is 0.258 e. The zero-order chi connectivity index (χ0) is 14.9. The minimum Gasteiger partial charge on any atom is -0.504 e. The molecule has 0 spiro atoms. The van der Waals surface area contributed by atoms with E-state index in [4.69, 9.17) is 14.0 Å². The first kappa shape index (κ1) is 13.9. The summed E-state index contributed by atoms with van der Waals surface area (Å²) in [6.45, 7) is 2.69. The summed E-state index contributed by atoms with van der Waals surface area (Å²) in [4.78, 5) is 4.42. The minimum atomic E-state index is -0.492. The largest absolute Gasteiger partial charge is 0.504 e. The molecular formula is C15H18N2O4. The van der Waals surface area contributed by atoms with Gasteiger partial charge in [-0.1, -0.05) is 5.16 Å². The van der Waals surface area contributed by atoms with Crippen molar-refractivity contribution in [1.82, 2.24) is 10.1 Å². The number of methoxy groups -OCH3 is 1. The van der Waals surface area contributed by atoms with Gasteiger partial charge in [0, 0.05) is 12.2 Å². The predicted molar refractivity (Wildman–Crippen MR) is 75.1 cm³/mol. The summed E-state index contributed by atoms with van der Waals surface area (Å²) in [5.74, 6) is 1.35. The monoisotopic (exact) mass is 290 g/mol. The Morgan fingerprint density at radius 3 is 2.86 bits per heavy atom. The van der Waals surface area contributed by atoms with Gasteiger partial charge in [-0.2, -0.15) is 4.98 Å². The smallest absolute Gasteiger partial charge is 0.258 e. The van der Waals surface area contributed by atoms with E-state index in [1.807, 2.05) is 6.92 Å². The second-order valence-electron chi connectivity index (χ2n) is 5.35. The first-order valence-electron chi connectivity index (χ1n) is 6.98. The lowest BCUT2D eigenvalue weighted by Crippen LogP contribution is -2.31. The number of rotatable bonds is 3. The fraction of sp³-hybridized carbons (Fsp3) is 0.467. The molecule has 2 heterocycles. The Bertz CT molecular complexity index is 632. The number of hydrogen-bond donors (Lipinski definition) is 1. The quantitative estimate of drug-likeness (QED) is 0.936. The third-order valence-electron chi connectivity index (χ3n) is 3.79. The van der Waals surface area contributed by atoms with Crippen LogP contribution in [0, 0.1) is 0 Å². The Kier molecular flexibility index (Phi) is 3.55. The highest BCUT2D eigenvalue weighted by Crippen LogP contribution is 2.35. The van der Waals surface area contributed by atoms with Crippen LogP contribution in [-0.4, -0.2) is 29.0 Å². The molecule has 0 radical (unpaired) electrons. The summed E-state index contributed by atoms with van der Waals surface area (Å²) >= 11 is 0. The number of ether oxygens (including phenoxy) is 2. The highest BCUT2D eigenvalue weighted by atomic mass is 16.5. The number of hydrogen-bond acceptors (Lipinski definition) is 6. The molecule has 2 aromatic rings. The number of benzene rings is 1. The molecule has 21 heavy (non-hydrogen) atoms. The Morgan fingerprint density at radius 2 is 2.19 bits per heavy atom. The van der Waals surface area contributed by atoms with E-state index in [1.54, 1.807) is 18.2 Å². The zero-order valence-corrected chi connectivity index (χ0v) is 12.1. The predicted octanol–water partition coefficient (Wildman–Crippen LogP) is 2.87. The highest BCUT2D eigenvalue weighted by Gasteiger charge is 2.35. The van der Waals surface area contributed by atoms with Gasteiger partial charge in [-0.05, 0) is 44.4 Å². The second-order valence-corrected chi connectivity index (χ2v) is 5.35. The van der Waals surface area contributed by atoms with Crippen LogP contribution in [0.15, 0.2) is 22.7 Å². The lowest BCUT2D eigenvalue weighted by Gasteiger charge is -2.30. The second kappa shape index (κ2) is 5.37. The van der Waals surface area contributed by atoms with Crippen LogP contribution in [0.3, 0.4) is 0 Å². The van der Waals surface area contributed by atoms with Crippen molar-refractivity contribution in [1.29, 1.82) is 0 Å². The lowest BCUT2D eigenvalue weighted by atomic mass is 9.95. The van der Waals surface area contributed by atoms with Gasteiger partial charge in [-0.25, -0.2) is 0 Å². The standard InChI is InChI=1S/C15H18N2O4/c1-15(7-3-4-8-20-15)14-16-13(21-17-14)10-5-6-12(19-2)11(18)9-10/h5-6,9,18H,3-4,7-8H2,1-2H3. The molecule has 0 bridgehead atoms. The van der Waals surface area contributed by atoms with Gasteiger partial charge < -0.3 is 19.1 Å². The molecule has 1 aromatic carbocycles. The first-order valence-corrected chi connectivity index (χ1v) is 6.98. The summed E-state index contributed by atoms with van der Waals surface area (Å²) in [6, 6.07) is 4.97. The van der Waals surface area contributed by atoms with E-state index in [-0.39, 0.29) is 5.75 Å². The zero-order valence-electron chi connectivity index (χ0n) is 12.1. The molecule has 1 aromatic heterocycles. The number of aromatic hydroxyl groups is 1. The van der Waals surface area contributed by atoms with Gasteiger partial charge in [0.1, 0.15) is 5.60 Å². The molecule has 1 unspecified atom stereocenters. The van der Waals surface area contributed by atoms with Gasteiger partial charge in [0.05, 0.1) is 7.11 Å². The van der Waals surface area contributed by atoms with E-state index >= 15 is 0 Å². The van der Waals surface area contributed by atoms with Crippen LogP contribution < -0.4 is 4.74 Å². The van der Waals surface area contributed by atoms with Crippen molar-refractivity contribution in [2.24, 2.45) is 0 Å². The van der Waals surface area contributed by atoms with E-state index in [2.05, 4.69) is 10.1 Å². The van der Waals surface area contributed by atoms with Crippen molar-refractivity contribution in [2.45, 2.75) is 31.8 Å². The van der Waals surface area contributed by atoms with Crippen molar-refractivity contribution in [2.75, 3.05) is 13.7 Å². The summed E-state index contributed by atoms with van der Waals surface area (Å²) in [5, 5.41) is 13.9. The topological polar surface area (TPSA) is 77.6 Å². The fourth-order valence-electron chi connectivity index (χ4n) is 2.49. The molecule has 0 aliphatic carbocycles. The molecule has 1 aliphatic heterocycles. The van der Waals surface area contributed by atoms with Gasteiger partial charge in [-0.15, -0.1) is 0 Å². The molecule has 6 heteroatoms. The van der Waals surface area contributed by atoms with Crippen LogP contribution in [0.4, 0.5) is 0 Å². The molecule has 0 saturated carbocycles. The van der Waals surface area contributed by atoms with Gasteiger partial charge in [0.25, 0.3) is 5.89 Å². The molecule has 1 atom stereocenters. The summed E-state index contributed by atoms with van der Waals surface area (Å²) in [5.41, 5.74) is 0.153. The minimum absolute atomic E-state index is 0.0369. The Morgan fingerprint density at radius 1 is 1.33 bits per heavy atom. The third-order valence-corrected chi connectivity index (χ3v) is 3.79. The third kappa shape index (κ3) is 2.58. The molecule has 1 saturated heterocycles. The molecule has 112 valence electrons. The van der Waals surface area contributed by atoms with Crippen molar-refractivity contribution < 1.29 is 19.1 Å². The molecule has 1 aliphatic rings. The Balaban J connectivity index is 1.89. The van der Waals surface area contributed by atoms with Crippen molar-refractivity contribution in [3.8, 4) is 23.0 Å². The highest BCUT2D eigenvalue weighted by molar-refractivity contribution is 5.59. The van der Waals surface area contributed by atoms with E-state index in [0.717, 1.165) is 19.3 Å². The number of phenolic OH excluding ortho intramolecular Hbond substituents is 1. The summed E-state index contributed by atoms with van der Waals surface area (Å²) < 4.78 is 16.1. The summed E-state index contributed by atoms with van der Waals surface area (Å²) in [7, 11) is 1.50. The van der Waals surface area contributed by atoms with Gasteiger partial charge in [0.2, 0.25) is 5.82 Å². The van der Waals surface area contributed by atoms with Gasteiger partial charge >= 0.3 is 0 Å². The van der Waals surface area contributed by atoms with Gasteiger partial charge in [0.15, 0.2) is 11.5 Å². The molecular weight excluding hydrogens is 272 g/mol. The van der Waals surface area contributed by atoms with E-state index in [0.29, 0.717) is 29.6 Å². The Hall–Kier alpha value is -2.08. The van der Waals surface area contributed by atoms with Gasteiger partial charge in [-0.3, -0.25) is 0 Å². The maximum absolute atomic E-state index is 9.82. The van der Waals surface area contributed by atoms with Crippen molar-refractivity contribution >= 4 is 0 Å². The normalized spacial score (nSPS) is 22.2. The molecule has 1 fully saturated rings. The average Bonchev–Trinajstić information content (AvgIpc) is 2.98. The lowest BCUT2D eigenvalue weighted by molar-refractivity contribution is -0.0770.